The van der Waals surface area contributed by atoms with Crippen LogP contribution in [0.3, 0.4) is 0 Å². The van der Waals surface area contributed by atoms with E-state index in [9.17, 15) is 13.2 Å². The number of nitrogens with two attached hydrogens (primary N) is 1. The van der Waals surface area contributed by atoms with Crippen LogP contribution >= 0.6 is 23.2 Å². The molecule has 0 heterocycles. The highest BCUT2D eigenvalue weighted by Crippen LogP contribution is 2.27. The second-order valence-electron chi connectivity index (χ2n) is 4.17. The highest BCUT2D eigenvalue weighted by atomic mass is 35.5. The lowest BCUT2D eigenvalue weighted by atomic mass is 10.0. The first-order valence-corrected chi connectivity index (χ1v) is 6.30. The summed E-state index contributed by atoms with van der Waals surface area (Å²) in [5.41, 5.74) is 6.48. The minimum atomic E-state index is -4.12. The van der Waals surface area contributed by atoms with Crippen molar-refractivity contribution >= 4 is 23.2 Å². The fourth-order valence-electron chi connectivity index (χ4n) is 1.66. The van der Waals surface area contributed by atoms with Crippen LogP contribution in [0.2, 0.25) is 10.0 Å². The molecular weight excluding hydrogens is 286 g/mol. The highest BCUT2D eigenvalue weighted by Gasteiger charge is 2.26. The molecule has 2 N–H and O–H groups in total. The van der Waals surface area contributed by atoms with Gasteiger partial charge < -0.3 is 5.73 Å². The first-order chi connectivity index (χ1) is 8.29. The van der Waals surface area contributed by atoms with E-state index in [-0.39, 0.29) is 12.5 Å². The smallest absolute Gasteiger partial charge is 0.327 e. The van der Waals surface area contributed by atoms with Crippen molar-refractivity contribution in [1.29, 1.82) is 0 Å². The van der Waals surface area contributed by atoms with Gasteiger partial charge in [0.05, 0.1) is 0 Å². The normalized spacial score (nSPS) is 13.7. The number of alkyl halides is 3. The predicted octanol–water partition coefficient (Wildman–Crippen LogP) is 4.60. The van der Waals surface area contributed by atoms with Crippen LogP contribution in [-0.2, 0) is 6.42 Å². The molecule has 6 heteroatoms. The Labute approximate surface area is 114 Å². The average Bonchev–Trinajstić information content (AvgIpc) is 2.22. The summed E-state index contributed by atoms with van der Waals surface area (Å²) >= 11 is 11.9. The molecule has 0 aromatic heterocycles. The maximum absolute atomic E-state index is 12.0. The van der Waals surface area contributed by atoms with Crippen molar-refractivity contribution in [3.05, 3.63) is 33.8 Å². The lowest BCUT2D eigenvalue weighted by molar-refractivity contribution is -0.135. The molecule has 1 aromatic carbocycles. The molecule has 0 radical (unpaired) electrons. The maximum atomic E-state index is 12.0. The van der Waals surface area contributed by atoms with Crippen LogP contribution in [0.15, 0.2) is 18.2 Å². The first kappa shape index (κ1) is 15.6. The number of hydrogen-bond donors (Lipinski definition) is 1. The Morgan fingerprint density at radius 2 is 1.72 bits per heavy atom. The molecule has 1 rings (SSSR count). The summed E-state index contributed by atoms with van der Waals surface area (Å²) in [5.74, 6) is 0. The molecule has 1 nitrogen and oxygen atoms in total. The van der Waals surface area contributed by atoms with E-state index in [0.29, 0.717) is 28.5 Å². The average molecular weight is 300 g/mol. The van der Waals surface area contributed by atoms with Gasteiger partial charge >= 0.3 is 6.18 Å². The van der Waals surface area contributed by atoms with E-state index in [1.807, 2.05) is 0 Å². The second-order valence-corrected chi connectivity index (χ2v) is 4.99. The van der Waals surface area contributed by atoms with Gasteiger partial charge in [-0.25, -0.2) is 0 Å². The lowest BCUT2D eigenvalue weighted by Gasteiger charge is -2.14. The Morgan fingerprint density at radius 3 is 2.22 bits per heavy atom. The van der Waals surface area contributed by atoms with Crippen molar-refractivity contribution < 1.29 is 13.2 Å². The van der Waals surface area contributed by atoms with Crippen molar-refractivity contribution in [3.63, 3.8) is 0 Å². The minimum absolute atomic E-state index is 0.0206. The van der Waals surface area contributed by atoms with Gasteiger partial charge in [-0.15, -0.1) is 0 Å². The van der Waals surface area contributed by atoms with Gasteiger partial charge in [0.15, 0.2) is 0 Å². The van der Waals surface area contributed by atoms with Crippen molar-refractivity contribution in [2.24, 2.45) is 5.73 Å². The standard InChI is InChI=1S/C12H14Cl2F3N/c13-10-4-1-5-11(14)9(10)7-8(18)3-2-6-12(15,16)17/h1,4-5,8H,2-3,6-7,18H2. The number of hydrogen-bond acceptors (Lipinski definition) is 1. The Kier molecular flexibility index (Phi) is 5.76. The molecule has 1 atom stereocenters. The summed E-state index contributed by atoms with van der Waals surface area (Å²) in [6.07, 6.45) is -4.23. The Balaban J connectivity index is 2.47. The maximum Gasteiger partial charge on any atom is 0.389 e. The Bertz CT molecular complexity index is 373. The zero-order valence-electron chi connectivity index (χ0n) is 9.61. The van der Waals surface area contributed by atoms with Gasteiger partial charge in [0.1, 0.15) is 0 Å². The molecule has 102 valence electrons. The zero-order valence-corrected chi connectivity index (χ0v) is 11.1. The van der Waals surface area contributed by atoms with Gasteiger partial charge in [0.2, 0.25) is 0 Å². The van der Waals surface area contributed by atoms with Crippen molar-refractivity contribution in [3.8, 4) is 0 Å². The van der Waals surface area contributed by atoms with Crippen LogP contribution in [0, 0.1) is 0 Å². The molecule has 0 saturated carbocycles. The molecule has 0 amide bonds. The zero-order chi connectivity index (χ0) is 13.8. The summed E-state index contributed by atoms with van der Waals surface area (Å²) in [5, 5.41) is 0.988. The summed E-state index contributed by atoms with van der Waals surface area (Å²) in [7, 11) is 0. The monoisotopic (exact) mass is 299 g/mol. The lowest BCUT2D eigenvalue weighted by Crippen LogP contribution is -2.23. The third-order valence-corrected chi connectivity index (χ3v) is 3.27. The predicted molar refractivity (Wildman–Crippen MR) is 68.0 cm³/mol. The third kappa shape index (κ3) is 5.46. The Morgan fingerprint density at radius 1 is 1.17 bits per heavy atom. The van der Waals surface area contributed by atoms with E-state index in [4.69, 9.17) is 28.9 Å². The van der Waals surface area contributed by atoms with Crippen molar-refractivity contribution in [2.45, 2.75) is 37.9 Å². The molecule has 0 aliphatic heterocycles. The molecular formula is C12H14Cl2F3N. The van der Waals surface area contributed by atoms with Crippen LogP contribution in [0.5, 0.6) is 0 Å². The quantitative estimate of drug-likeness (QED) is 0.845. The van der Waals surface area contributed by atoms with E-state index >= 15 is 0 Å². The van der Waals surface area contributed by atoms with E-state index in [2.05, 4.69) is 0 Å². The van der Waals surface area contributed by atoms with E-state index in [1.165, 1.54) is 0 Å². The molecule has 0 aliphatic rings. The van der Waals surface area contributed by atoms with Crippen LogP contribution < -0.4 is 5.73 Å². The second kappa shape index (κ2) is 6.64. The molecule has 0 fully saturated rings. The van der Waals surface area contributed by atoms with Gasteiger partial charge in [-0.05, 0) is 37.0 Å². The molecule has 18 heavy (non-hydrogen) atoms. The molecule has 1 aromatic rings. The third-order valence-electron chi connectivity index (χ3n) is 2.56. The van der Waals surface area contributed by atoms with Gasteiger partial charge in [0.25, 0.3) is 0 Å². The fourth-order valence-corrected chi connectivity index (χ4v) is 2.21. The summed E-state index contributed by atoms with van der Waals surface area (Å²) in [6, 6.07) is 4.71. The van der Waals surface area contributed by atoms with Crippen molar-refractivity contribution in [2.75, 3.05) is 0 Å². The van der Waals surface area contributed by atoms with Gasteiger partial charge in [-0.1, -0.05) is 29.3 Å². The topological polar surface area (TPSA) is 26.0 Å². The largest absolute Gasteiger partial charge is 0.389 e. The number of rotatable bonds is 5. The number of halogens is 5. The van der Waals surface area contributed by atoms with Crippen LogP contribution in [0.25, 0.3) is 0 Å². The van der Waals surface area contributed by atoms with Crippen LogP contribution in [0.1, 0.15) is 24.8 Å². The molecule has 0 saturated heterocycles. The first-order valence-electron chi connectivity index (χ1n) is 5.55. The van der Waals surface area contributed by atoms with Crippen LogP contribution in [-0.4, -0.2) is 12.2 Å². The van der Waals surface area contributed by atoms with Gasteiger partial charge in [-0.2, -0.15) is 13.2 Å². The van der Waals surface area contributed by atoms with Gasteiger partial charge in [-0.3, -0.25) is 0 Å². The Hall–Kier alpha value is -0.450. The highest BCUT2D eigenvalue weighted by molar-refractivity contribution is 6.35. The molecule has 0 aliphatic carbocycles. The number of benzene rings is 1. The molecule has 0 spiro atoms. The van der Waals surface area contributed by atoms with Gasteiger partial charge in [0, 0.05) is 22.5 Å². The molecule has 0 bridgehead atoms. The fraction of sp³-hybridized carbons (Fsp3) is 0.500. The summed E-state index contributed by atoms with van der Waals surface area (Å²) in [4.78, 5) is 0. The van der Waals surface area contributed by atoms with Crippen molar-refractivity contribution in [1.82, 2.24) is 0 Å². The summed E-state index contributed by atoms with van der Waals surface area (Å²) < 4.78 is 35.9. The van der Waals surface area contributed by atoms with E-state index in [1.54, 1.807) is 18.2 Å². The van der Waals surface area contributed by atoms with Crippen LogP contribution in [0.4, 0.5) is 13.2 Å². The van der Waals surface area contributed by atoms with E-state index in [0.717, 1.165) is 0 Å². The summed E-state index contributed by atoms with van der Waals surface area (Å²) in [6.45, 7) is 0. The molecule has 1 unspecified atom stereocenters. The minimum Gasteiger partial charge on any atom is -0.327 e. The SMILES string of the molecule is NC(CCCC(F)(F)F)Cc1c(Cl)cccc1Cl. The van der Waals surface area contributed by atoms with E-state index < -0.39 is 12.6 Å².